The molecule has 0 fully saturated rings. The second kappa shape index (κ2) is 6.76. The fourth-order valence-electron chi connectivity index (χ4n) is 2.83. The van der Waals surface area contributed by atoms with Gasteiger partial charge in [0.15, 0.2) is 5.16 Å². The van der Waals surface area contributed by atoms with Crippen molar-refractivity contribution in [1.82, 2.24) is 14.9 Å². The van der Waals surface area contributed by atoms with Gasteiger partial charge in [-0.1, -0.05) is 23.9 Å². The maximum Gasteiger partial charge on any atom is 0.261 e. The van der Waals surface area contributed by atoms with Gasteiger partial charge in [0.25, 0.3) is 11.8 Å². The maximum atomic E-state index is 13.0. The summed E-state index contributed by atoms with van der Waals surface area (Å²) in [6.45, 7) is 0.309. The molecule has 2 heterocycles. The summed E-state index contributed by atoms with van der Waals surface area (Å²) < 4.78 is 13.0. The van der Waals surface area contributed by atoms with E-state index in [2.05, 4.69) is 9.97 Å². The molecule has 2 aromatic carbocycles. The lowest BCUT2D eigenvalue weighted by atomic mass is 10.1. The lowest BCUT2D eigenvalue weighted by molar-refractivity contribution is 0.0664. The number of hydrogen-bond donors (Lipinski definition) is 1. The van der Waals surface area contributed by atoms with E-state index < -0.39 is 0 Å². The number of fused-ring (bicyclic) bond motifs is 1. The molecule has 0 saturated heterocycles. The van der Waals surface area contributed by atoms with Crippen LogP contribution in [0.25, 0.3) is 11.3 Å². The molecule has 0 bridgehead atoms. The lowest BCUT2D eigenvalue weighted by Crippen LogP contribution is -2.31. The SMILES string of the molecule is O=C1c2ccccc2C(=O)N1CCSc1ncc(-c2ccc(F)cc2)[nH]1. The molecule has 0 spiro atoms. The fraction of sp³-hybridized carbons (Fsp3) is 0.105. The molecule has 3 aromatic rings. The normalized spacial score (nSPS) is 13.3. The van der Waals surface area contributed by atoms with Crippen molar-refractivity contribution in [2.24, 2.45) is 0 Å². The number of nitrogens with zero attached hydrogens (tertiary/aromatic N) is 2. The third-order valence-electron chi connectivity index (χ3n) is 4.14. The summed E-state index contributed by atoms with van der Waals surface area (Å²) in [4.78, 5) is 33.3. The molecule has 1 aliphatic heterocycles. The molecule has 0 radical (unpaired) electrons. The highest BCUT2D eigenvalue weighted by atomic mass is 32.2. The lowest BCUT2D eigenvalue weighted by Gasteiger charge is -2.12. The summed E-state index contributed by atoms with van der Waals surface area (Å²) in [6, 6.07) is 13.0. The number of aromatic nitrogens is 2. The Labute approximate surface area is 153 Å². The van der Waals surface area contributed by atoms with Crippen LogP contribution < -0.4 is 0 Å². The Kier molecular flexibility index (Phi) is 4.30. The van der Waals surface area contributed by atoms with Gasteiger partial charge in [0.05, 0.1) is 23.0 Å². The predicted octanol–water partition coefficient (Wildman–Crippen LogP) is 3.60. The van der Waals surface area contributed by atoms with Crippen molar-refractivity contribution in [2.75, 3.05) is 12.3 Å². The van der Waals surface area contributed by atoms with Crippen LogP contribution in [0, 0.1) is 5.82 Å². The highest BCUT2D eigenvalue weighted by molar-refractivity contribution is 7.99. The number of halogens is 1. The van der Waals surface area contributed by atoms with Gasteiger partial charge in [-0.2, -0.15) is 0 Å². The van der Waals surface area contributed by atoms with Crippen LogP contribution in [0.3, 0.4) is 0 Å². The number of rotatable bonds is 5. The number of imidazole rings is 1. The highest BCUT2D eigenvalue weighted by Crippen LogP contribution is 2.25. The van der Waals surface area contributed by atoms with Crippen molar-refractivity contribution in [3.8, 4) is 11.3 Å². The van der Waals surface area contributed by atoms with Crippen molar-refractivity contribution in [1.29, 1.82) is 0 Å². The zero-order valence-electron chi connectivity index (χ0n) is 13.6. The van der Waals surface area contributed by atoms with E-state index in [9.17, 15) is 14.0 Å². The molecule has 1 aromatic heterocycles. The Morgan fingerprint density at radius 2 is 1.65 bits per heavy atom. The molecule has 7 heteroatoms. The van der Waals surface area contributed by atoms with E-state index in [4.69, 9.17) is 0 Å². The number of benzene rings is 2. The number of H-pyrrole nitrogens is 1. The third-order valence-corrected chi connectivity index (χ3v) is 5.01. The number of imide groups is 1. The number of carbonyl (C=O) groups excluding carboxylic acids is 2. The summed E-state index contributed by atoms with van der Waals surface area (Å²) >= 11 is 1.42. The van der Waals surface area contributed by atoms with Crippen LogP contribution in [0.5, 0.6) is 0 Å². The van der Waals surface area contributed by atoms with Gasteiger partial charge in [-0.05, 0) is 42.0 Å². The second-order valence-electron chi connectivity index (χ2n) is 5.76. The van der Waals surface area contributed by atoms with Crippen molar-refractivity contribution >= 4 is 23.6 Å². The van der Waals surface area contributed by atoms with Crippen molar-refractivity contribution < 1.29 is 14.0 Å². The highest BCUT2D eigenvalue weighted by Gasteiger charge is 2.34. The quantitative estimate of drug-likeness (QED) is 0.553. The van der Waals surface area contributed by atoms with Gasteiger partial charge >= 0.3 is 0 Å². The van der Waals surface area contributed by atoms with Crippen LogP contribution >= 0.6 is 11.8 Å². The number of amides is 2. The minimum Gasteiger partial charge on any atom is -0.333 e. The zero-order valence-corrected chi connectivity index (χ0v) is 14.4. The van der Waals surface area contributed by atoms with Crippen molar-refractivity contribution in [2.45, 2.75) is 5.16 Å². The Morgan fingerprint density at radius 1 is 1.00 bits per heavy atom. The van der Waals surface area contributed by atoms with Gasteiger partial charge in [-0.25, -0.2) is 9.37 Å². The van der Waals surface area contributed by atoms with E-state index in [1.165, 1.54) is 28.8 Å². The molecule has 130 valence electrons. The van der Waals surface area contributed by atoms with E-state index in [-0.39, 0.29) is 17.6 Å². The summed E-state index contributed by atoms with van der Waals surface area (Å²) in [5.41, 5.74) is 2.54. The van der Waals surface area contributed by atoms with Crippen molar-refractivity contribution in [3.63, 3.8) is 0 Å². The van der Waals surface area contributed by atoms with E-state index in [1.54, 1.807) is 42.6 Å². The monoisotopic (exact) mass is 367 g/mol. The molecule has 1 N–H and O–H groups in total. The zero-order chi connectivity index (χ0) is 18.1. The topological polar surface area (TPSA) is 66.1 Å². The summed E-state index contributed by atoms with van der Waals surface area (Å²) in [7, 11) is 0. The van der Waals surface area contributed by atoms with Gasteiger partial charge in [0.1, 0.15) is 5.82 Å². The standard InChI is InChI=1S/C19H14FN3O2S/c20-13-7-5-12(6-8-13)16-11-21-19(22-16)26-10-9-23-17(24)14-3-1-2-4-15(14)18(23)25/h1-8,11H,9-10H2,(H,21,22). The molecule has 26 heavy (non-hydrogen) atoms. The maximum absolute atomic E-state index is 13.0. The van der Waals surface area contributed by atoms with E-state index >= 15 is 0 Å². The first kappa shape index (κ1) is 16.5. The van der Waals surface area contributed by atoms with Crippen LogP contribution in [-0.2, 0) is 0 Å². The Balaban J connectivity index is 1.38. The molecular weight excluding hydrogens is 353 g/mol. The number of carbonyl (C=O) groups is 2. The molecule has 0 saturated carbocycles. The van der Waals surface area contributed by atoms with Gasteiger partial charge in [0.2, 0.25) is 0 Å². The van der Waals surface area contributed by atoms with Crippen molar-refractivity contribution in [3.05, 3.63) is 71.7 Å². The smallest absolute Gasteiger partial charge is 0.261 e. The number of aromatic amines is 1. The van der Waals surface area contributed by atoms with Gasteiger partial charge in [-0.15, -0.1) is 0 Å². The van der Waals surface area contributed by atoms with E-state index in [0.29, 0.717) is 28.6 Å². The second-order valence-corrected chi connectivity index (χ2v) is 6.85. The average molecular weight is 367 g/mol. The number of hydrogen-bond acceptors (Lipinski definition) is 4. The Hall–Kier alpha value is -2.93. The van der Waals surface area contributed by atoms with Gasteiger partial charge in [0, 0.05) is 12.3 Å². The van der Waals surface area contributed by atoms with Crippen LogP contribution in [-0.4, -0.2) is 39.0 Å². The first-order valence-electron chi connectivity index (χ1n) is 8.02. The first-order chi connectivity index (χ1) is 12.6. The Morgan fingerprint density at radius 3 is 2.31 bits per heavy atom. The van der Waals surface area contributed by atoms with Crippen LogP contribution in [0.2, 0.25) is 0 Å². The molecule has 5 nitrogen and oxygen atoms in total. The fourth-order valence-corrected chi connectivity index (χ4v) is 3.60. The average Bonchev–Trinajstić information content (AvgIpc) is 3.22. The first-order valence-corrected chi connectivity index (χ1v) is 9.01. The third kappa shape index (κ3) is 3.01. The molecule has 1 aliphatic rings. The predicted molar refractivity (Wildman–Crippen MR) is 96.5 cm³/mol. The van der Waals surface area contributed by atoms with Crippen LogP contribution in [0.15, 0.2) is 59.9 Å². The molecule has 0 atom stereocenters. The summed E-state index contributed by atoms with van der Waals surface area (Å²) in [5.74, 6) is -0.263. The summed E-state index contributed by atoms with van der Waals surface area (Å²) in [5, 5.41) is 0.681. The van der Waals surface area contributed by atoms with E-state index in [1.807, 2.05) is 0 Å². The molecule has 2 amide bonds. The van der Waals surface area contributed by atoms with Gasteiger partial charge < -0.3 is 4.98 Å². The molecular formula is C19H14FN3O2S. The van der Waals surface area contributed by atoms with Gasteiger partial charge in [-0.3, -0.25) is 14.5 Å². The molecule has 0 aliphatic carbocycles. The Bertz CT molecular complexity index is 949. The number of nitrogens with one attached hydrogen (secondary N) is 1. The van der Waals surface area contributed by atoms with Crippen LogP contribution in [0.4, 0.5) is 4.39 Å². The largest absolute Gasteiger partial charge is 0.333 e. The minimum absolute atomic E-state index is 0.252. The minimum atomic E-state index is -0.288. The van der Waals surface area contributed by atoms with Crippen LogP contribution in [0.1, 0.15) is 20.7 Å². The summed E-state index contributed by atoms with van der Waals surface area (Å²) in [6.07, 6.45) is 1.68. The van der Waals surface area contributed by atoms with E-state index in [0.717, 1.165) is 11.3 Å². The molecule has 0 unspecified atom stereocenters. The number of thioether (sulfide) groups is 1. The molecule has 4 rings (SSSR count).